The fraction of sp³-hybridized carbons (Fsp3) is 1.00. The van der Waals surface area contributed by atoms with Crippen LogP contribution in [-0.4, -0.2) is 85.9 Å². The molecule has 0 aliphatic heterocycles. The van der Waals surface area contributed by atoms with Gasteiger partial charge in [0.25, 0.3) is 0 Å². The molecule has 272 valence electrons. The van der Waals surface area contributed by atoms with E-state index >= 15 is 0 Å². The smallest absolute Gasteiger partial charge is 0.373 e. The molecule has 0 aromatic carbocycles. The molecule has 0 fully saturated rings. The van der Waals surface area contributed by atoms with E-state index in [1.165, 1.54) is 0 Å². The summed E-state index contributed by atoms with van der Waals surface area (Å²) in [6.45, 7) is 24.9. The van der Waals surface area contributed by atoms with Crippen molar-refractivity contribution in [1.29, 1.82) is 0 Å². The zero-order valence-corrected chi connectivity index (χ0v) is 34.0. The van der Waals surface area contributed by atoms with Crippen LogP contribution in [0.5, 0.6) is 0 Å². The second kappa shape index (κ2) is 29.2. The van der Waals surface area contributed by atoms with Gasteiger partial charge in [-0.2, -0.15) is 0 Å². The Morgan fingerprint density at radius 3 is 0.889 bits per heavy atom. The highest BCUT2D eigenvalue weighted by atomic mass is 28.4. The summed E-state index contributed by atoms with van der Waals surface area (Å²) in [5, 5.41) is 0. The summed E-state index contributed by atoms with van der Waals surface area (Å²) in [6.07, 6.45) is 10.8. The fourth-order valence-electron chi connectivity index (χ4n) is 4.85. The van der Waals surface area contributed by atoms with E-state index in [1.807, 2.05) is 0 Å². The average Bonchev–Trinajstić information content (AvgIpc) is 3.07. The van der Waals surface area contributed by atoms with E-state index in [2.05, 4.69) is 62.3 Å². The highest BCUT2D eigenvalue weighted by molar-refractivity contribution is 6.64. The van der Waals surface area contributed by atoms with Crippen molar-refractivity contribution in [2.45, 2.75) is 157 Å². The lowest BCUT2D eigenvalue weighted by atomic mass is 10.2. The molecule has 0 aromatic heterocycles. The monoisotopic (exact) mass is 698 g/mol. The van der Waals surface area contributed by atoms with E-state index in [0.29, 0.717) is 65.5 Å². The normalized spacial score (nSPS) is 13.5. The third kappa shape index (κ3) is 19.2. The van der Waals surface area contributed by atoms with Crippen LogP contribution in [0.25, 0.3) is 0 Å². The van der Waals surface area contributed by atoms with E-state index in [0.717, 1.165) is 83.1 Å². The summed E-state index contributed by atoms with van der Waals surface area (Å²) < 4.78 is 59.1. The molecule has 1 atom stereocenters. The molecule has 12 heteroatoms. The average molecular weight is 699 g/mol. The van der Waals surface area contributed by atoms with Gasteiger partial charge in [0.15, 0.2) is 0 Å². The van der Waals surface area contributed by atoms with Gasteiger partial charge in [-0.15, -0.1) is 0 Å². The predicted molar refractivity (Wildman–Crippen MR) is 191 cm³/mol. The van der Waals surface area contributed by atoms with Crippen LogP contribution in [0.15, 0.2) is 0 Å². The molecule has 0 heterocycles. The third-order valence-corrected chi connectivity index (χ3v) is 16.1. The van der Waals surface area contributed by atoms with Crippen molar-refractivity contribution in [3.8, 4) is 0 Å². The van der Waals surface area contributed by atoms with Gasteiger partial charge in [-0.1, -0.05) is 62.3 Å². The number of rotatable bonds is 35. The van der Waals surface area contributed by atoms with Crippen molar-refractivity contribution in [1.82, 2.24) is 0 Å². The van der Waals surface area contributed by atoms with Crippen LogP contribution >= 0.6 is 0 Å². The Balaban J connectivity index is 6.55. The Bertz CT molecular complexity index is 583. The molecule has 0 amide bonds. The van der Waals surface area contributed by atoms with Crippen molar-refractivity contribution in [2.24, 2.45) is 0 Å². The van der Waals surface area contributed by atoms with E-state index in [1.54, 1.807) is 0 Å². The van der Waals surface area contributed by atoms with Crippen LogP contribution in [0.4, 0.5) is 0 Å². The molecule has 0 aromatic rings. The summed E-state index contributed by atoms with van der Waals surface area (Å²) in [5.74, 6) is 0. The van der Waals surface area contributed by atoms with Crippen molar-refractivity contribution >= 4 is 26.4 Å². The molecule has 0 saturated heterocycles. The van der Waals surface area contributed by atoms with Crippen LogP contribution in [-0.2, 0) is 39.8 Å². The molecule has 45 heavy (non-hydrogen) atoms. The topological polar surface area (TPSA) is 83.1 Å². The molecule has 0 spiro atoms. The van der Waals surface area contributed by atoms with Gasteiger partial charge in [0.1, 0.15) is 0 Å². The van der Waals surface area contributed by atoms with Gasteiger partial charge in [-0.3, -0.25) is 0 Å². The Kier molecular flexibility index (Phi) is 29.4. The molecule has 0 bridgehead atoms. The van der Waals surface area contributed by atoms with Crippen LogP contribution in [0.1, 0.15) is 139 Å². The first-order valence-electron chi connectivity index (χ1n) is 18.6. The first-order valence-corrected chi connectivity index (χ1v) is 24.3. The minimum atomic E-state index is -3.11. The maximum Gasteiger partial charge on any atom is 0.504 e. The quantitative estimate of drug-likeness (QED) is 0.0602. The van der Waals surface area contributed by atoms with Crippen molar-refractivity contribution in [3.63, 3.8) is 0 Å². The molecule has 9 nitrogen and oxygen atoms in total. The van der Waals surface area contributed by atoms with E-state index in [9.17, 15) is 0 Å². The molecule has 0 aliphatic rings. The lowest BCUT2D eigenvalue weighted by Gasteiger charge is -2.38. The predicted octanol–water partition coefficient (Wildman–Crippen LogP) is 9.18. The minimum Gasteiger partial charge on any atom is -0.373 e. The number of hydrogen-bond acceptors (Lipinski definition) is 9. The zero-order valence-electron chi connectivity index (χ0n) is 31.0. The minimum absolute atomic E-state index is 0.0601. The molecular weight excluding hydrogens is 625 g/mol. The summed E-state index contributed by atoms with van der Waals surface area (Å²) in [6, 6.07) is 1.47. The highest BCUT2D eigenvalue weighted by Crippen LogP contribution is 2.39. The second-order valence-electron chi connectivity index (χ2n) is 11.7. The van der Waals surface area contributed by atoms with Gasteiger partial charge < -0.3 is 39.8 Å². The van der Waals surface area contributed by atoms with Gasteiger partial charge in [-0.25, -0.2) is 0 Å². The number of hydrogen-bond donors (Lipinski definition) is 0. The van der Waals surface area contributed by atoms with Crippen LogP contribution in [0.3, 0.4) is 0 Å². The van der Waals surface area contributed by atoms with Gasteiger partial charge in [0.2, 0.25) is 0 Å². The summed E-state index contributed by atoms with van der Waals surface area (Å²) in [7, 11) is -8.88. The fourth-order valence-corrected chi connectivity index (χ4v) is 14.4. The Labute approximate surface area is 282 Å². The third-order valence-electron chi connectivity index (χ3n) is 7.01. The molecule has 0 aliphatic carbocycles. The first kappa shape index (κ1) is 45.3. The lowest BCUT2D eigenvalue weighted by molar-refractivity contribution is 0.0420. The SMILES string of the molecule is CCCO[Si](CCCC(CC[Si](OCCC)(OCCC)OCCC)[Si](OCCC)(OCCC)OCCC)(OCCC)OCCC. The second-order valence-corrected chi connectivity index (χ2v) is 20.1. The molecular formula is C33H74O9Si3. The zero-order chi connectivity index (χ0) is 33.7. The molecule has 1 unspecified atom stereocenters. The maximum absolute atomic E-state index is 6.74. The lowest BCUT2D eigenvalue weighted by Crippen LogP contribution is -2.53. The van der Waals surface area contributed by atoms with Crippen molar-refractivity contribution in [2.75, 3.05) is 59.5 Å². The Morgan fingerprint density at radius 1 is 0.333 bits per heavy atom. The summed E-state index contributed by atoms with van der Waals surface area (Å²) >= 11 is 0. The molecule has 0 saturated carbocycles. The Hall–Kier alpha value is 0.291. The standard InChI is InChI=1S/C33H74O9Si3/c1-10-22-34-43(35-23-11-2,36-24-12-3)31-19-20-33(45(40-28-16-7,41-29-17-8)42-30-18-9)21-32-44(37-25-13-4,38-26-14-5)39-27-15-6/h33H,10-32H2,1-9H3. The first-order chi connectivity index (χ1) is 21.9. The van der Waals surface area contributed by atoms with Crippen LogP contribution in [0.2, 0.25) is 17.6 Å². The van der Waals surface area contributed by atoms with E-state index in [-0.39, 0.29) is 5.54 Å². The van der Waals surface area contributed by atoms with Crippen molar-refractivity contribution in [3.05, 3.63) is 0 Å². The van der Waals surface area contributed by atoms with E-state index < -0.39 is 26.4 Å². The van der Waals surface area contributed by atoms with Gasteiger partial charge in [0, 0.05) is 77.1 Å². The Morgan fingerprint density at radius 2 is 0.600 bits per heavy atom. The van der Waals surface area contributed by atoms with Crippen molar-refractivity contribution < 1.29 is 39.8 Å². The molecule has 0 radical (unpaired) electrons. The molecule has 0 N–H and O–H groups in total. The maximum atomic E-state index is 6.74. The largest absolute Gasteiger partial charge is 0.504 e. The van der Waals surface area contributed by atoms with Gasteiger partial charge >= 0.3 is 26.4 Å². The summed E-state index contributed by atoms with van der Waals surface area (Å²) in [5.41, 5.74) is 0.0601. The van der Waals surface area contributed by atoms with Gasteiger partial charge in [-0.05, 0) is 77.0 Å². The summed E-state index contributed by atoms with van der Waals surface area (Å²) in [4.78, 5) is 0. The molecule has 0 rings (SSSR count). The van der Waals surface area contributed by atoms with Crippen LogP contribution < -0.4 is 0 Å². The van der Waals surface area contributed by atoms with E-state index in [4.69, 9.17) is 39.8 Å². The van der Waals surface area contributed by atoms with Gasteiger partial charge in [0.05, 0.1) is 0 Å². The van der Waals surface area contributed by atoms with Crippen LogP contribution in [0, 0.1) is 0 Å². The highest BCUT2D eigenvalue weighted by Gasteiger charge is 2.52.